The van der Waals surface area contributed by atoms with Gasteiger partial charge in [-0.05, 0) is 0 Å². The average molecular weight is 304 g/mol. The molecule has 1 saturated heterocycles. The van der Waals surface area contributed by atoms with Crippen molar-refractivity contribution in [3.05, 3.63) is 0 Å². The third-order valence-corrected chi connectivity index (χ3v) is 3.07. The van der Waals surface area contributed by atoms with Gasteiger partial charge in [-0.1, -0.05) is 6.92 Å². The molecule has 1 aliphatic rings. The standard InChI is InChI=1S/C13H20O8/c1-6-10(5-18-7(2)14)21-13(20-9(4)16)12(11(6)17)19-8(3)15/h6,10-13,17H,5H2,1-4H3/t6-,10-,11+,12+,13+/m1/s1. The van der Waals surface area contributed by atoms with Crippen LogP contribution in [0.5, 0.6) is 0 Å². The van der Waals surface area contributed by atoms with Gasteiger partial charge in [0.2, 0.25) is 6.29 Å². The zero-order valence-corrected chi connectivity index (χ0v) is 12.4. The molecular formula is C13H20O8. The summed E-state index contributed by atoms with van der Waals surface area (Å²) in [6.07, 6.45) is -4.18. The first-order chi connectivity index (χ1) is 9.72. The van der Waals surface area contributed by atoms with Crippen LogP contribution in [0.1, 0.15) is 27.7 Å². The van der Waals surface area contributed by atoms with Crippen molar-refractivity contribution < 1.29 is 38.4 Å². The fourth-order valence-corrected chi connectivity index (χ4v) is 2.02. The molecule has 8 heteroatoms. The Morgan fingerprint density at radius 2 is 1.62 bits per heavy atom. The van der Waals surface area contributed by atoms with E-state index in [0.29, 0.717) is 0 Å². The molecule has 0 aromatic carbocycles. The van der Waals surface area contributed by atoms with Crippen molar-refractivity contribution in [1.82, 2.24) is 0 Å². The van der Waals surface area contributed by atoms with Gasteiger partial charge >= 0.3 is 17.9 Å². The summed E-state index contributed by atoms with van der Waals surface area (Å²) in [7, 11) is 0. The predicted molar refractivity (Wildman–Crippen MR) is 67.8 cm³/mol. The summed E-state index contributed by atoms with van der Waals surface area (Å²) in [5.74, 6) is -2.26. The molecule has 0 saturated carbocycles. The molecule has 1 heterocycles. The molecule has 1 fully saturated rings. The molecule has 0 spiro atoms. The number of aliphatic hydroxyl groups is 1. The number of aliphatic hydroxyl groups excluding tert-OH is 1. The Kier molecular flexibility index (Phi) is 6.10. The van der Waals surface area contributed by atoms with Crippen LogP contribution < -0.4 is 0 Å². The zero-order valence-electron chi connectivity index (χ0n) is 12.4. The molecule has 5 atom stereocenters. The second-order valence-electron chi connectivity index (χ2n) is 4.88. The van der Waals surface area contributed by atoms with Crippen molar-refractivity contribution >= 4 is 17.9 Å². The van der Waals surface area contributed by atoms with Gasteiger partial charge in [-0.25, -0.2) is 0 Å². The Morgan fingerprint density at radius 3 is 2.10 bits per heavy atom. The molecule has 0 unspecified atom stereocenters. The van der Waals surface area contributed by atoms with Gasteiger partial charge in [-0.3, -0.25) is 14.4 Å². The quantitative estimate of drug-likeness (QED) is 0.560. The second kappa shape index (κ2) is 7.37. The van der Waals surface area contributed by atoms with E-state index in [-0.39, 0.29) is 6.61 Å². The first-order valence-corrected chi connectivity index (χ1v) is 6.53. The number of esters is 3. The summed E-state index contributed by atoms with van der Waals surface area (Å²) in [5.41, 5.74) is 0. The summed E-state index contributed by atoms with van der Waals surface area (Å²) in [6, 6.07) is 0. The van der Waals surface area contributed by atoms with Gasteiger partial charge in [0.1, 0.15) is 18.8 Å². The van der Waals surface area contributed by atoms with Gasteiger partial charge in [-0.2, -0.15) is 0 Å². The molecule has 8 nitrogen and oxygen atoms in total. The maximum Gasteiger partial charge on any atom is 0.305 e. The van der Waals surface area contributed by atoms with E-state index < -0.39 is 48.4 Å². The van der Waals surface area contributed by atoms with E-state index in [2.05, 4.69) is 0 Å². The Bertz CT molecular complexity index is 405. The lowest BCUT2D eigenvalue weighted by Gasteiger charge is -2.41. The highest BCUT2D eigenvalue weighted by atomic mass is 16.7. The molecule has 0 bridgehead atoms. The van der Waals surface area contributed by atoms with Gasteiger partial charge in [0.15, 0.2) is 6.10 Å². The summed E-state index contributed by atoms with van der Waals surface area (Å²) in [5, 5.41) is 10.2. The van der Waals surface area contributed by atoms with Crippen LogP contribution in [0.4, 0.5) is 0 Å². The van der Waals surface area contributed by atoms with Crippen molar-refractivity contribution in [2.75, 3.05) is 6.61 Å². The van der Waals surface area contributed by atoms with Gasteiger partial charge < -0.3 is 24.1 Å². The minimum atomic E-state index is -1.25. The number of carbonyl (C=O) groups is 3. The molecule has 0 amide bonds. The third-order valence-electron chi connectivity index (χ3n) is 3.07. The maximum atomic E-state index is 11.1. The molecule has 21 heavy (non-hydrogen) atoms. The fraction of sp³-hybridized carbons (Fsp3) is 0.769. The highest BCUT2D eigenvalue weighted by Gasteiger charge is 2.47. The van der Waals surface area contributed by atoms with E-state index in [9.17, 15) is 19.5 Å². The molecule has 1 aliphatic heterocycles. The number of ether oxygens (including phenoxy) is 4. The van der Waals surface area contributed by atoms with Gasteiger partial charge in [-0.15, -0.1) is 0 Å². The van der Waals surface area contributed by atoms with Crippen molar-refractivity contribution in [1.29, 1.82) is 0 Å². The fourth-order valence-electron chi connectivity index (χ4n) is 2.02. The van der Waals surface area contributed by atoms with Crippen LogP contribution in [0, 0.1) is 5.92 Å². The lowest BCUT2D eigenvalue weighted by Crippen LogP contribution is -2.57. The van der Waals surface area contributed by atoms with E-state index >= 15 is 0 Å². The van der Waals surface area contributed by atoms with Crippen LogP contribution in [0.25, 0.3) is 0 Å². The minimum Gasteiger partial charge on any atom is -0.463 e. The molecule has 0 aliphatic carbocycles. The van der Waals surface area contributed by atoms with Crippen molar-refractivity contribution in [3.63, 3.8) is 0 Å². The predicted octanol–water partition coefficient (Wildman–Crippen LogP) is -0.234. The van der Waals surface area contributed by atoms with Gasteiger partial charge in [0.05, 0.1) is 0 Å². The largest absolute Gasteiger partial charge is 0.463 e. The summed E-state index contributed by atoms with van der Waals surface area (Å²) in [4.78, 5) is 33.0. The molecule has 0 radical (unpaired) electrons. The van der Waals surface area contributed by atoms with Crippen LogP contribution in [0.2, 0.25) is 0 Å². The Balaban J connectivity index is 2.84. The number of carbonyl (C=O) groups excluding carboxylic acids is 3. The Hall–Kier alpha value is -1.67. The van der Waals surface area contributed by atoms with Crippen molar-refractivity contribution in [3.8, 4) is 0 Å². The number of hydrogen-bond donors (Lipinski definition) is 1. The zero-order chi connectivity index (χ0) is 16.2. The first kappa shape index (κ1) is 17.4. The van der Waals surface area contributed by atoms with Crippen LogP contribution >= 0.6 is 0 Å². The summed E-state index contributed by atoms with van der Waals surface area (Å²) < 4.78 is 20.2. The van der Waals surface area contributed by atoms with Crippen LogP contribution in [0.3, 0.4) is 0 Å². The monoisotopic (exact) mass is 304 g/mol. The molecule has 0 aromatic heterocycles. The Morgan fingerprint density at radius 1 is 1.05 bits per heavy atom. The molecule has 120 valence electrons. The molecular weight excluding hydrogens is 284 g/mol. The van der Waals surface area contributed by atoms with Gasteiger partial charge in [0, 0.05) is 26.7 Å². The van der Waals surface area contributed by atoms with Crippen molar-refractivity contribution in [2.24, 2.45) is 5.92 Å². The van der Waals surface area contributed by atoms with E-state index in [1.165, 1.54) is 20.8 Å². The lowest BCUT2D eigenvalue weighted by molar-refractivity contribution is -0.283. The van der Waals surface area contributed by atoms with Crippen LogP contribution in [-0.2, 0) is 33.3 Å². The second-order valence-corrected chi connectivity index (χ2v) is 4.88. The highest BCUT2D eigenvalue weighted by Crippen LogP contribution is 2.29. The first-order valence-electron chi connectivity index (χ1n) is 6.53. The average Bonchev–Trinajstić information content (AvgIpc) is 2.35. The molecule has 1 rings (SSSR count). The smallest absolute Gasteiger partial charge is 0.305 e. The highest BCUT2D eigenvalue weighted by molar-refractivity contribution is 5.67. The van der Waals surface area contributed by atoms with E-state index in [1.54, 1.807) is 6.92 Å². The van der Waals surface area contributed by atoms with E-state index in [4.69, 9.17) is 18.9 Å². The van der Waals surface area contributed by atoms with Crippen LogP contribution in [0.15, 0.2) is 0 Å². The topological polar surface area (TPSA) is 108 Å². The molecule has 0 aromatic rings. The number of hydrogen-bond acceptors (Lipinski definition) is 8. The van der Waals surface area contributed by atoms with Gasteiger partial charge in [0.25, 0.3) is 0 Å². The maximum absolute atomic E-state index is 11.1. The third kappa shape index (κ3) is 4.98. The van der Waals surface area contributed by atoms with Crippen LogP contribution in [-0.4, -0.2) is 54.2 Å². The normalized spacial score (nSPS) is 32.1. The molecule has 1 N–H and O–H groups in total. The number of rotatable bonds is 4. The summed E-state index contributed by atoms with van der Waals surface area (Å²) in [6.45, 7) is 5.14. The minimum absolute atomic E-state index is 0.0991. The Labute approximate surface area is 122 Å². The lowest BCUT2D eigenvalue weighted by atomic mass is 9.91. The SMILES string of the molecule is CC(=O)OC[C@H]1O[C@H](OC(C)=O)[C@@H](OC(C)=O)[C@@H](O)[C@@H]1C. The van der Waals surface area contributed by atoms with Crippen molar-refractivity contribution in [2.45, 2.75) is 52.3 Å². The summed E-state index contributed by atoms with van der Waals surface area (Å²) >= 11 is 0. The van der Waals surface area contributed by atoms with E-state index in [0.717, 1.165) is 0 Å². The van der Waals surface area contributed by atoms with E-state index in [1.807, 2.05) is 0 Å².